The number of rotatable bonds is 7. The largest absolute Gasteiger partial charge is 0.497 e. The highest BCUT2D eigenvalue weighted by Gasteiger charge is 2.09. The monoisotopic (exact) mass is 367 g/mol. The molecule has 6 heteroatoms. The zero-order valence-electron chi connectivity index (χ0n) is 15.0. The average Bonchev–Trinajstić information content (AvgIpc) is 3.04. The van der Waals surface area contributed by atoms with Crippen molar-refractivity contribution in [3.8, 4) is 22.8 Å². The Morgan fingerprint density at radius 1 is 1.08 bits per heavy atom. The predicted octanol–water partition coefficient (Wildman–Crippen LogP) is 4.97. The number of thiazole rings is 1. The van der Waals surface area contributed by atoms with Crippen molar-refractivity contribution in [3.63, 3.8) is 0 Å². The zero-order chi connectivity index (χ0) is 18.4. The molecule has 0 aliphatic carbocycles. The maximum absolute atomic E-state index is 5.43. The Morgan fingerprint density at radius 3 is 2.42 bits per heavy atom. The van der Waals surface area contributed by atoms with Crippen LogP contribution in [-0.2, 0) is 0 Å². The molecule has 134 valence electrons. The second-order valence-electron chi connectivity index (χ2n) is 5.52. The fourth-order valence-corrected chi connectivity index (χ4v) is 3.23. The Bertz CT molecular complexity index is 871. The molecule has 0 saturated heterocycles. The SMILES string of the molecule is CCOc1ccc(C=NNc2nc(-c3ccc(OC)cc3)c(C)s2)cc1. The standard InChI is InChI=1S/C20H21N3O2S/c1-4-25-18-9-5-15(6-10-18)13-21-23-20-22-19(14(2)26-20)16-7-11-17(24-3)12-8-16/h5-13H,4H2,1-3H3,(H,22,23). The van der Waals surface area contributed by atoms with E-state index in [1.165, 1.54) is 0 Å². The fourth-order valence-electron chi connectivity index (χ4n) is 2.44. The van der Waals surface area contributed by atoms with Crippen molar-refractivity contribution in [1.82, 2.24) is 4.98 Å². The number of benzene rings is 2. The third-order valence-corrected chi connectivity index (χ3v) is 4.60. The van der Waals surface area contributed by atoms with Crippen molar-refractivity contribution >= 4 is 22.7 Å². The summed E-state index contributed by atoms with van der Waals surface area (Å²) in [5, 5.41) is 5.03. The second kappa shape index (κ2) is 8.49. The minimum absolute atomic E-state index is 0.662. The van der Waals surface area contributed by atoms with E-state index in [-0.39, 0.29) is 0 Å². The molecule has 1 N–H and O–H groups in total. The van der Waals surface area contributed by atoms with Crippen molar-refractivity contribution in [3.05, 3.63) is 59.0 Å². The third-order valence-electron chi connectivity index (χ3n) is 3.72. The average molecular weight is 367 g/mol. The van der Waals surface area contributed by atoms with Crippen LogP contribution in [0.3, 0.4) is 0 Å². The summed E-state index contributed by atoms with van der Waals surface area (Å²) in [5.41, 5.74) is 6.01. The van der Waals surface area contributed by atoms with Crippen LogP contribution in [0, 0.1) is 6.92 Å². The number of nitrogens with one attached hydrogen (secondary N) is 1. The molecule has 0 saturated carbocycles. The van der Waals surface area contributed by atoms with Gasteiger partial charge in [0.05, 0.1) is 25.6 Å². The Kier molecular flexibility index (Phi) is 5.86. The lowest BCUT2D eigenvalue weighted by molar-refractivity contribution is 0.340. The van der Waals surface area contributed by atoms with Crippen LogP contribution in [0.2, 0.25) is 0 Å². The molecule has 3 aromatic rings. The molecule has 0 unspecified atom stereocenters. The van der Waals surface area contributed by atoms with Crippen LogP contribution in [0.25, 0.3) is 11.3 Å². The molecule has 0 aliphatic heterocycles. The van der Waals surface area contributed by atoms with Crippen LogP contribution >= 0.6 is 11.3 Å². The fraction of sp³-hybridized carbons (Fsp3) is 0.200. The molecular weight excluding hydrogens is 346 g/mol. The quantitative estimate of drug-likeness (QED) is 0.473. The molecular formula is C20H21N3O2S. The molecule has 0 amide bonds. The summed E-state index contributed by atoms with van der Waals surface area (Å²) in [4.78, 5) is 5.77. The van der Waals surface area contributed by atoms with Gasteiger partial charge in [0.2, 0.25) is 5.13 Å². The molecule has 0 aliphatic rings. The number of anilines is 1. The molecule has 0 atom stereocenters. The van der Waals surface area contributed by atoms with Crippen molar-refractivity contribution in [2.75, 3.05) is 19.1 Å². The topological polar surface area (TPSA) is 55.7 Å². The van der Waals surface area contributed by atoms with E-state index in [1.54, 1.807) is 24.7 Å². The highest BCUT2D eigenvalue weighted by Crippen LogP contribution is 2.31. The van der Waals surface area contributed by atoms with Crippen molar-refractivity contribution in [2.45, 2.75) is 13.8 Å². The Labute approximate surface area is 157 Å². The molecule has 0 bridgehead atoms. The van der Waals surface area contributed by atoms with Gasteiger partial charge in [0, 0.05) is 10.4 Å². The van der Waals surface area contributed by atoms with Crippen molar-refractivity contribution in [2.24, 2.45) is 5.10 Å². The number of aryl methyl sites for hydroxylation is 1. The van der Waals surface area contributed by atoms with Gasteiger partial charge in [0.1, 0.15) is 11.5 Å². The van der Waals surface area contributed by atoms with E-state index in [9.17, 15) is 0 Å². The number of nitrogens with zero attached hydrogens (tertiary/aromatic N) is 2. The third kappa shape index (κ3) is 4.40. The van der Waals surface area contributed by atoms with Gasteiger partial charge in [-0.3, -0.25) is 5.43 Å². The van der Waals surface area contributed by atoms with Gasteiger partial charge in [-0.1, -0.05) is 0 Å². The molecule has 2 aromatic carbocycles. The van der Waals surface area contributed by atoms with Gasteiger partial charge >= 0.3 is 0 Å². The molecule has 3 rings (SSSR count). The lowest BCUT2D eigenvalue weighted by Crippen LogP contribution is -1.92. The van der Waals surface area contributed by atoms with Gasteiger partial charge in [-0.2, -0.15) is 5.10 Å². The van der Waals surface area contributed by atoms with Gasteiger partial charge < -0.3 is 9.47 Å². The molecule has 0 fully saturated rings. The van der Waals surface area contributed by atoms with Crippen LogP contribution < -0.4 is 14.9 Å². The van der Waals surface area contributed by atoms with Crippen LogP contribution in [0.15, 0.2) is 53.6 Å². The van der Waals surface area contributed by atoms with E-state index < -0.39 is 0 Å². The first-order chi connectivity index (χ1) is 12.7. The van der Waals surface area contributed by atoms with E-state index in [1.807, 2.05) is 55.5 Å². The van der Waals surface area contributed by atoms with Crippen LogP contribution in [0.5, 0.6) is 11.5 Å². The van der Waals surface area contributed by atoms with E-state index in [2.05, 4.69) is 22.4 Å². The van der Waals surface area contributed by atoms with E-state index in [4.69, 9.17) is 9.47 Å². The Balaban J connectivity index is 1.66. The number of hydrazone groups is 1. The second-order valence-corrected chi connectivity index (χ2v) is 6.73. The summed E-state index contributed by atoms with van der Waals surface area (Å²) in [6, 6.07) is 15.7. The molecule has 1 heterocycles. The molecule has 5 nitrogen and oxygen atoms in total. The number of methoxy groups -OCH3 is 1. The lowest BCUT2D eigenvalue weighted by atomic mass is 10.1. The van der Waals surface area contributed by atoms with Crippen LogP contribution in [0.4, 0.5) is 5.13 Å². The lowest BCUT2D eigenvalue weighted by Gasteiger charge is -2.02. The minimum atomic E-state index is 0.662. The van der Waals surface area contributed by atoms with Gasteiger partial charge in [-0.05, 0) is 67.9 Å². The molecule has 26 heavy (non-hydrogen) atoms. The number of ether oxygens (including phenoxy) is 2. The van der Waals surface area contributed by atoms with Crippen LogP contribution in [0.1, 0.15) is 17.4 Å². The van der Waals surface area contributed by atoms with E-state index in [0.717, 1.165) is 38.3 Å². The first kappa shape index (κ1) is 17.9. The summed E-state index contributed by atoms with van der Waals surface area (Å²) < 4.78 is 10.6. The zero-order valence-corrected chi connectivity index (χ0v) is 15.8. The molecule has 0 spiro atoms. The summed E-state index contributed by atoms with van der Waals surface area (Å²) in [5.74, 6) is 1.69. The van der Waals surface area contributed by atoms with Gasteiger partial charge in [0.25, 0.3) is 0 Å². The van der Waals surface area contributed by atoms with Crippen LogP contribution in [-0.4, -0.2) is 24.9 Å². The summed E-state index contributed by atoms with van der Waals surface area (Å²) >= 11 is 1.58. The maximum Gasteiger partial charge on any atom is 0.204 e. The summed E-state index contributed by atoms with van der Waals surface area (Å²) in [6.45, 7) is 4.68. The molecule has 1 aromatic heterocycles. The number of hydrogen-bond acceptors (Lipinski definition) is 6. The van der Waals surface area contributed by atoms with Gasteiger partial charge in [0.15, 0.2) is 0 Å². The first-order valence-electron chi connectivity index (χ1n) is 8.33. The van der Waals surface area contributed by atoms with Crippen molar-refractivity contribution < 1.29 is 9.47 Å². The highest BCUT2D eigenvalue weighted by atomic mass is 32.1. The minimum Gasteiger partial charge on any atom is -0.497 e. The number of hydrogen-bond donors (Lipinski definition) is 1. The van der Waals surface area contributed by atoms with E-state index >= 15 is 0 Å². The Hall–Kier alpha value is -2.86. The number of aromatic nitrogens is 1. The summed E-state index contributed by atoms with van der Waals surface area (Å²) in [6.07, 6.45) is 1.76. The van der Waals surface area contributed by atoms with Crippen molar-refractivity contribution in [1.29, 1.82) is 0 Å². The maximum atomic E-state index is 5.43. The van der Waals surface area contributed by atoms with Gasteiger partial charge in [-0.15, -0.1) is 11.3 Å². The molecule has 0 radical (unpaired) electrons. The predicted molar refractivity (Wildman–Crippen MR) is 108 cm³/mol. The normalized spacial score (nSPS) is 10.9. The first-order valence-corrected chi connectivity index (χ1v) is 9.15. The van der Waals surface area contributed by atoms with Gasteiger partial charge in [-0.25, -0.2) is 4.98 Å². The smallest absolute Gasteiger partial charge is 0.204 e. The highest BCUT2D eigenvalue weighted by molar-refractivity contribution is 7.15. The Morgan fingerprint density at radius 2 is 1.77 bits per heavy atom. The van der Waals surface area contributed by atoms with E-state index in [0.29, 0.717) is 6.61 Å². The summed E-state index contributed by atoms with van der Waals surface area (Å²) in [7, 11) is 1.66.